The van der Waals surface area contributed by atoms with Gasteiger partial charge in [-0.15, -0.1) is 0 Å². The van der Waals surface area contributed by atoms with Crippen molar-refractivity contribution in [3.63, 3.8) is 0 Å². The predicted octanol–water partition coefficient (Wildman–Crippen LogP) is 4.13. The van der Waals surface area contributed by atoms with Gasteiger partial charge in [0.05, 0.1) is 7.11 Å². The number of benzene rings is 1. The molecule has 0 saturated heterocycles. The quantitative estimate of drug-likeness (QED) is 0.817. The average molecular weight is 290 g/mol. The maximum Gasteiger partial charge on any atom is 0.125 e. The molecule has 0 aliphatic heterocycles. The minimum absolute atomic E-state index is 0.306. The van der Waals surface area contributed by atoms with Crippen LogP contribution in [0.5, 0.6) is 5.75 Å². The normalized spacial score (nSPS) is 17.0. The number of nitrogens with one attached hydrogen (secondary N) is 1. The first kappa shape index (κ1) is 16.2. The molecule has 0 bridgehead atoms. The number of anilines is 1. The number of hydrogen-bond acceptors (Lipinski definition) is 3. The summed E-state index contributed by atoms with van der Waals surface area (Å²) in [5.74, 6) is 0.994. The predicted molar refractivity (Wildman–Crippen MR) is 90.4 cm³/mol. The molecule has 3 nitrogen and oxygen atoms in total. The van der Waals surface area contributed by atoms with Gasteiger partial charge in [-0.1, -0.05) is 25.8 Å². The molecule has 0 radical (unpaired) electrons. The van der Waals surface area contributed by atoms with Crippen molar-refractivity contribution in [2.24, 2.45) is 0 Å². The molecule has 21 heavy (non-hydrogen) atoms. The van der Waals surface area contributed by atoms with E-state index in [2.05, 4.69) is 49.3 Å². The summed E-state index contributed by atoms with van der Waals surface area (Å²) in [6.07, 6.45) is 6.48. The van der Waals surface area contributed by atoms with Gasteiger partial charge in [-0.2, -0.15) is 0 Å². The monoisotopic (exact) mass is 290 g/mol. The molecule has 1 aromatic rings. The van der Waals surface area contributed by atoms with Crippen molar-refractivity contribution < 1.29 is 4.74 Å². The molecule has 0 aromatic heterocycles. The van der Waals surface area contributed by atoms with Crippen molar-refractivity contribution in [2.75, 3.05) is 25.6 Å². The van der Waals surface area contributed by atoms with Crippen LogP contribution in [-0.2, 0) is 0 Å². The fourth-order valence-electron chi connectivity index (χ4n) is 3.40. The molecule has 118 valence electrons. The smallest absolute Gasteiger partial charge is 0.125 e. The topological polar surface area (TPSA) is 24.5 Å². The Bertz CT molecular complexity index is 441. The second-order valence-electron chi connectivity index (χ2n) is 6.12. The van der Waals surface area contributed by atoms with Crippen molar-refractivity contribution in [3.8, 4) is 5.75 Å². The van der Waals surface area contributed by atoms with Crippen LogP contribution in [0.4, 0.5) is 5.69 Å². The number of hydrogen-bond donors (Lipinski definition) is 1. The van der Waals surface area contributed by atoms with Crippen LogP contribution >= 0.6 is 0 Å². The van der Waals surface area contributed by atoms with Crippen molar-refractivity contribution >= 4 is 5.69 Å². The maximum atomic E-state index is 5.63. The van der Waals surface area contributed by atoms with Gasteiger partial charge in [-0.3, -0.25) is 0 Å². The van der Waals surface area contributed by atoms with Crippen LogP contribution in [0.1, 0.15) is 57.6 Å². The van der Waals surface area contributed by atoms with Gasteiger partial charge in [0.15, 0.2) is 0 Å². The van der Waals surface area contributed by atoms with Crippen molar-refractivity contribution in [2.45, 2.75) is 58.0 Å². The molecule has 2 rings (SSSR count). The fraction of sp³-hybridized carbons (Fsp3) is 0.667. The van der Waals surface area contributed by atoms with Gasteiger partial charge in [0, 0.05) is 30.4 Å². The molecule has 3 heteroatoms. The fourth-order valence-corrected chi connectivity index (χ4v) is 3.40. The van der Waals surface area contributed by atoms with Crippen molar-refractivity contribution in [1.29, 1.82) is 0 Å². The lowest BCUT2D eigenvalue weighted by Crippen LogP contribution is -2.31. The molecule has 1 unspecified atom stereocenters. The van der Waals surface area contributed by atoms with Gasteiger partial charge >= 0.3 is 0 Å². The lowest BCUT2D eigenvalue weighted by atomic mass is 10.0. The van der Waals surface area contributed by atoms with Gasteiger partial charge in [-0.05, 0) is 44.9 Å². The van der Waals surface area contributed by atoms with E-state index in [1.54, 1.807) is 7.11 Å². The van der Waals surface area contributed by atoms with E-state index >= 15 is 0 Å². The molecule has 0 spiro atoms. The van der Waals surface area contributed by atoms with Gasteiger partial charge in [0.2, 0.25) is 0 Å². The number of nitrogens with zero attached hydrogens (tertiary/aromatic N) is 1. The summed E-state index contributed by atoms with van der Waals surface area (Å²) in [5.41, 5.74) is 2.61. The molecule has 1 saturated carbocycles. The van der Waals surface area contributed by atoms with Crippen LogP contribution in [-0.4, -0.2) is 26.7 Å². The molecule has 1 aliphatic rings. The van der Waals surface area contributed by atoms with Crippen molar-refractivity contribution in [1.82, 2.24) is 5.32 Å². The number of rotatable bonds is 7. The number of ether oxygens (including phenoxy) is 1. The Morgan fingerprint density at radius 3 is 2.67 bits per heavy atom. The second kappa shape index (κ2) is 7.69. The minimum Gasteiger partial charge on any atom is -0.496 e. The third-order valence-corrected chi connectivity index (χ3v) is 4.65. The summed E-state index contributed by atoms with van der Waals surface area (Å²) in [4.78, 5) is 2.47. The Morgan fingerprint density at radius 1 is 1.33 bits per heavy atom. The highest BCUT2D eigenvalue weighted by Gasteiger charge is 2.24. The Balaban J connectivity index is 2.30. The third-order valence-electron chi connectivity index (χ3n) is 4.65. The van der Waals surface area contributed by atoms with Gasteiger partial charge < -0.3 is 15.0 Å². The molecule has 1 aromatic carbocycles. The summed E-state index contributed by atoms with van der Waals surface area (Å²) >= 11 is 0. The van der Waals surface area contributed by atoms with Crippen LogP contribution < -0.4 is 15.0 Å². The minimum atomic E-state index is 0.306. The first-order valence-electron chi connectivity index (χ1n) is 8.32. The molecule has 0 amide bonds. The molecular weight excluding hydrogens is 260 g/mol. The molecule has 1 atom stereocenters. The van der Waals surface area contributed by atoms with E-state index in [0.29, 0.717) is 12.1 Å². The van der Waals surface area contributed by atoms with E-state index in [1.165, 1.54) is 36.9 Å². The van der Waals surface area contributed by atoms with Gasteiger partial charge in [0.1, 0.15) is 5.75 Å². The largest absolute Gasteiger partial charge is 0.496 e. The summed E-state index contributed by atoms with van der Waals surface area (Å²) in [7, 11) is 4.01. The first-order valence-corrected chi connectivity index (χ1v) is 8.32. The molecule has 1 fully saturated rings. The summed E-state index contributed by atoms with van der Waals surface area (Å²) < 4.78 is 5.63. The average Bonchev–Trinajstić information content (AvgIpc) is 3.05. The van der Waals surface area contributed by atoms with E-state index < -0.39 is 0 Å². The Kier molecular flexibility index (Phi) is 5.92. The lowest BCUT2D eigenvalue weighted by Gasteiger charge is -2.31. The first-order chi connectivity index (χ1) is 10.2. The standard InChI is InChI=1S/C18H30N2O/c1-5-13-19-14(2)18-16(11-8-12-17(18)21-4)20(3)15-9-6-7-10-15/h8,11-12,14-15,19H,5-7,9-10,13H2,1-4H3. The third kappa shape index (κ3) is 3.70. The van der Waals surface area contributed by atoms with E-state index in [-0.39, 0.29) is 0 Å². The van der Waals surface area contributed by atoms with Crippen LogP contribution in [0.3, 0.4) is 0 Å². The SMILES string of the molecule is CCCNC(C)c1c(OC)cccc1N(C)C1CCCC1. The lowest BCUT2D eigenvalue weighted by molar-refractivity contribution is 0.401. The van der Waals surface area contributed by atoms with Gasteiger partial charge in [0.25, 0.3) is 0 Å². The highest BCUT2D eigenvalue weighted by Crippen LogP contribution is 2.37. The van der Waals surface area contributed by atoms with Crippen LogP contribution in [0, 0.1) is 0 Å². The van der Waals surface area contributed by atoms with Gasteiger partial charge in [-0.25, -0.2) is 0 Å². The molecular formula is C18H30N2O. The zero-order valence-corrected chi connectivity index (χ0v) is 14.0. The summed E-state index contributed by atoms with van der Waals surface area (Å²) in [5, 5.41) is 3.60. The highest BCUT2D eigenvalue weighted by molar-refractivity contribution is 5.61. The van der Waals surface area contributed by atoms with E-state index in [1.807, 2.05) is 0 Å². The van der Waals surface area contributed by atoms with E-state index in [9.17, 15) is 0 Å². The highest BCUT2D eigenvalue weighted by atomic mass is 16.5. The second-order valence-corrected chi connectivity index (χ2v) is 6.12. The van der Waals surface area contributed by atoms with Crippen LogP contribution in [0.15, 0.2) is 18.2 Å². The zero-order valence-electron chi connectivity index (χ0n) is 14.0. The number of methoxy groups -OCH3 is 1. The zero-order chi connectivity index (χ0) is 15.2. The molecule has 1 N–H and O–H groups in total. The Labute approximate surface area is 129 Å². The summed E-state index contributed by atoms with van der Waals surface area (Å²) in [6.45, 7) is 5.47. The maximum absolute atomic E-state index is 5.63. The molecule has 0 heterocycles. The Morgan fingerprint density at radius 2 is 2.05 bits per heavy atom. The summed E-state index contributed by atoms with van der Waals surface area (Å²) in [6, 6.07) is 7.40. The molecule has 1 aliphatic carbocycles. The Hall–Kier alpha value is -1.22. The van der Waals surface area contributed by atoms with Crippen molar-refractivity contribution in [3.05, 3.63) is 23.8 Å². The van der Waals surface area contributed by atoms with E-state index in [4.69, 9.17) is 4.74 Å². The van der Waals surface area contributed by atoms with E-state index in [0.717, 1.165) is 18.7 Å². The van der Waals surface area contributed by atoms with Crippen LogP contribution in [0.25, 0.3) is 0 Å². The van der Waals surface area contributed by atoms with Crippen LogP contribution in [0.2, 0.25) is 0 Å².